The van der Waals surface area contributed by atoms with Crippen LogP contribution in [0.3, 0.4) is 0 Å². The third kappa shape index (κ3) is 0.907. The number of pyridine rings is 2. The molecule has 0 saturated heterocycles. The van der Waals surface area contributed by atoms with Crippen LogP contribution < -0.4 is 14.0 Å². The van der Waals surface area contributed by atoms with E-state index in [1.807, 2.05) is 6.07 Å². The van der Waals surface area contributed by atoms with Gasteiger partial charge in [0.2, 0.25) is 0 Å². The summed E-state index contributed by atoms with van der Waals surface area (Å²) in [5.74, 6) is 1.87. The monoisotopic (exact) mass is 212 g/mol. The van der Waals surface area contributed by atoms with Crippen LogP contribution in [0.4, 0.5) is 0 Å². The Balaban J connectivity index is 2.09. The van der Waals surface area contributed by atoms with Crippen molar-refractivity contribution in [1.82, 2.24) is 9.97 Å². The summed E-state index contributed by atoms with van der Waals surface area (Å²) in [5, 5.41) is 0. The Bertz CT molecular complexity index is 590. The summed E-state index contributed by atoms with van der Waals surface area (Å²) in [5.41, 5.74) is 1.35. The molecule has 2 aliphatic rings. The highest BCUT2D eigenvalue weighted by atomic mass is 16.8. The quantitative estimate of drug-likeness (QED) is 0.615. The van der Waals surface area contributed by atoms with Gasteiger partial charge in [-0.15, -0.1) is 0 Å². The van der Waals surface area contributed by atoms with Crippen LogP contribution >= 0.6 is 0 Å². The fourth-order valence-electron chi connectivity index (χ4n) is 1.85. The normalized spacial score (nSPS) is 14.4. The molecule has 2 aromatic rings. The molecule has 2 bridgehead atoms. The third-order valence-electron chi connectivity index (χ3n) is 2.52. The summed E-state index contributed by atoms with van der Waals surface area (Å²) < 4.78 is 16.4. The summed E-state index contributed by atoms with van der Waals surface area (Å²) in [6.45, 7) is 0. The number of rotatable bonds is 0. The number of aromatic nitrogens is 2. The van der Waals surface area contributed by atoms with Crippen molar-refractivity contribution in [1.29, 1.82) is 0 Å². The van der Waals surface area contributed by atoms with E-state index < -0.39 is 7.32 Å². The second kappa shape index (κ2) is 2.66. The van der Waals surface area contributed by atoms with E-state index in [9.17, 15) is 0 Å². The minimum absolute atomic E-state index is 0.602. The second-order valence-electron chi connectivity index (χ2n) is 3.48. The number of fused-ring (bicyclic) bond motifs is 3. The Hall–Kier alpha value is -2.24. The molecule has 5 nitrogen and oxygen atoms in total. The van der Waals surface area contributed by atoms with E-state index in [4.69, 9.17) is 14.0 Å². The highest BCUT2D eigenvalue weighted by molar-refractivity contribution is 6.41. The Kier molecular flexibility index (Phi) is 1.33. The topological polar surface area (TPSA) is 53.5 Å². The molecule has 0 aromatic carbocycles. The molecule has 4 heterocycles. The summed E-state index contributed by atoms with van der Waals surface area (Å²) in [4.78, 5) is 8.52. The summed E-state index contributed by atoms with van der Waals surface area (Å²) in [6, 6.07) is 5.36. The molecule has 2 aromatic heterocycles. The number of hydrogen-bond donors (Lipinski definition) is 0. The molecule has 0 aliphatic carbocycles. The average molecular weight is 212 g/mol. The Morgan fingerprint density at radius 2 is 1.75 bits per heavy atom. The predicted molar refractivity (Wildman–Crippen MR) is 55.1 cm³/mol. The largest absolute Gasteiger partial charge is 0.864 e. The minimum atomic E-state index is -0.733. The summed E-state index contributed by atoms with van der Waals surface area (Å²) in [6.07, 6.45) is 3.37. The zero-order valence-electron chi connectivity index (χ0n) is 8.08. The SMILES string of the molecule is c1cnc2c(c1)OB1Oc3ccnc-2c3O1. The van der Waals surface area contributed by atoms with Crippen LogP contribution in [0, 0.1) is 0 Å². The molecule has 0 fully saturated rings. The lowest BCUT2D eigenvalue weighted by Crippen LogP contribution is -2.31. The lowest BCUT2D eigenvalue weighted by atomic mass is 10.2. The van der Waals surface area contributed by atoms with E-state index in [2.05, 4.69) is 9.97 Å². The first-order valence-electron chi connectivity index (χ1n) is 4.86. The van der Waals surface area contributed by atoms with E-state index in [-0.39, 0.29) is 0 Å². The van der Waals surface area contributed by atoms with E-state index in [1.54, 1.807) is 24.5 Å². The molecule has 16 heavy (non-hydrogen) atoms. The molecule has 0 atom stereocenters. The Morgan fingerprint density at radius 1 is 0.875 bits per heavy atom. The smallest absolute Gasteiger partial charge is 0.488 e. The van der Waals surface area contributed by atoms with Gasteiger partial charge in [-0.2, -0.15) is 0 Å². The molecule has 76 valence electrons. The van der Waals surface area contributed by atoms with Crippen LogP contribution in [0.15, 0.2) is 30.6 Å². The van der Waals surface area contributed by atoms with Gasteiger partial charge in [0, 0.05) is 18.5 Å². The van der Waals surface area contributed by atoms with Gasteiger partial charge in [0.05, 0.1) is 0 Å². The predicted octanol–water partition coefficient (Wildman–Crippen LogP) is 1.29. The molecule has 0 radical (unpaired) electrons. The summed E-state index contributed by atoms with van der Waals surface area (Å²) >= 11 is 0. The van der Waals surface area contributed by atoms with E-state index >= 15 is 0 Å². The first-order chi connectivity index (χ1) is 7.92. The van der Waals surface area contributed by atoms with Crippen molar-refractivity contribution in [2.75, 3.05) is 0 Å². The second-order valence-corrected chi connectivity index (χ2v) is 3.48. The fraction of sp³-hybridized carbons (Fsp3) is 0. The van der Waals surface area contributed by atoms with Crippen molar-refractivity contribution in [3.8, 4) is 28.6 Å². The number of nitrogens with zero attached hydrogens (tertiary/aromatic N) is 2. The third-order valence-corrected chi connectivity index (χ3v) is 2.52. The molecular formula is C10H5BN2O3. The van der Waals surface area contributed by atoms with Crippen molar-refractivity contribution < 1.29 is 14.0 Å². The van der Waals surface area contributed by atoms with E-state index in [0.717, 1.165) is 0 Å². The lowest BCUT2D eigenvalue weighted by Gasteiger charge is -2.09. The maximum Gasteiger partial charge on any atom is 0.864 e. The van der Waals surface area contributed by atoms with Gasteiger partial charge < -0.3 is 14.0 Å². The van der Waals surface area contributed by atoms with Crippen molar-refractivity contribution in [2.24, 2.45) is 0 Å². The van der Waals surface area contributed by atoms with Crippen LogP contribution in [-0.4, -0.2) is 17.3 Å². The molecule has 0 N–H and O–H groups in total. The standard InChI is InChI=1S/C10H5BN2O3/c1-2-6-8(12-4-1)9-10-7(3-5-13-9)15-11(14-6)16-10/h1-5H. The van der Waals surface area contributed by atoms with Crippen molar-refractivity contribution in [3.05, 3.63) is 30.6 Å². The Morgan fingerprint density at radius 3 is 2.75 bits per heavy atom. The highest BCUT2D eigenvalue weighted by Gasteiger charge is 2.43. The van der Waals surface area contributed by atoms with Crippen molar-refractivity contribution >= 4 is 7.32 Å². The first-order valence-corrected chi connectivity index (χ1v) is 4.86. The molecule has 0 spiro atoms. The van der Waals surface area contributed by atoms with Gasteiger partial charge in [0.25, 0.3) is 0 Å². The zero-order chi connectivity index (χ0) is 10.5. The van der Waals surface area contributed by atoms with Gasteiger partial charge in [0.15, 0.2) is 5.75 Å². The molecule has 2 aliphatic heterocycles. The van der Waals surface area contributed by atoms with Crippen LogP contribution in [0.5, 0.6) is 17.2 Å². The molecule has 4 rings (SSSR count). The van der Waals surface area contributed by atoms with Crippen LogP contribution in [0.2, 0.25) is 0 Å². The van der Waals surface area contributed by atoms with Crippen molar-refractivity contribution in [3.63, 3.8) is 0 Å². The summed E-state index contributed by atoms with van der Waals surface area (Å²) in [7, 11) is -0.733. The van der Waals surface area contributed by atoms with Gasteiger partial charge >= 0.3 is 7.32 Å². The average Bonchev–Trinajstić information content (AvgIpc) is 2.64. The maximum atomic E-state index is 5.52. The van der Waals surface area contributed by atoms with Crippen LogP contribution in [0.25, 0.3) is 11.4 Å². The molecule has 0 amide bonds. The van der Waals surface area contributed by atoms with Crippen molar-refractivity contribution in [2.45, 2.75) is 0 Å². The lowest BCUT2D eigenvalue weighted by molar-refractivity contribution is 0.355. The fourth-order valence-corrected chi connectivity index (χ4v) is 1.85. The molecule has 6 heteroatoms. The highest BCUT2D eigenvalue weighted by Crippen LogP contribution is 2.45. The molecule has 0 unspecified atom stereocenters. The van der Waals surface area contributed by atoms with Crippen LogP contribution in [0.1, 0.15) is 0 Å². The molecule has 0 saturated carbocycles. The molecular weight excluding hydrogens is 207 g/mol. The Labute approximate surface area is 91.2 Å². The first kappa shape index (κ1) is 7.98. The minimum Gasteiger partial charge on any atom is -0.488 e. The zero-order valence-corrected chi connectivity index (χ0v) is 8.08. The van der Waals surface area contributed by atoms with Gasteiger partial charge in [-0.25, -0.2) is 0 Å². The van der Waals surface area contributed by atoms with Gasteiger partial charge in [-0.3, -0.25) is 9.97 Å². The maximum absolute atomic E-state index is 5.52. The van der Waals surface area contributed by atoms with Gasteiger partial charge in [-0.05, 0) is 12.1 Å². The van der Waals surface area contributed by atoms with E-state index in [1.165, 1.54) is 0 Å². The van der Waals surface area contributed by atoms with E-state index in [0.29, 0.717) is 28.6 Å². The van der Waals surface area contributed by atoms with Crippen LogP contribution in [-0.2, 0) is 0 Å². The number of hydrogen-bond acceptors (Lipinski definition) is 5. The van der Waals surface area contributed by atoms with Gasteiger partial charge in [0.1, 0.15) is 22.9 Å². The van der Waals surface area contributed by atoms with Gasteiger partial charge in [-0.1, -0.05) is 0 Å².